The number of carboxylic acid groups (broad SMARTS) is 1. The van der Waals surface area contributed by atoms with Crippen molar-refractivity contribution >= 4 is 17.8 Å². The normalized spacial score (nSPS) is 18.1. The van der Waals surface area contributed by atoms with Crippen LogP contribution in [0.5, 0.6) is 0 Å². The predicted octanol–water partition coefficient (Wildman–Crippen LogP) is 0.187. The zero-order valence-corrected chi connectivity index (χ0v) is 9.79. The fourth-order valence-corrected chi connectivity index (χ4v) is 1.24. The molecule has 1 aliphatic heterocycles. The number of carbonyl (C=O) groups is 3. The van der Waals surface area contributed by atoms with Gasteiger partial charge in [-0.1, -0.05) is 6.58 Å². The summed E-state index contributed by atoms with van der Waals surface area (Å²) in [4.78, 5) is 30.5. The largest absolute Gasteiger partial charge is 0.490 e. The van der Waals surface area contributed by atoms with Crippen LogP contribution in [0.1, 0.15) is 12.8 Å². The van der Waals surface area contributed by atoms with Gasteiger partial charge in [0.1, 0.15) is 0 Å². The molecule has 0 aromatic carbocycles. The van der Waals surface area contributed by atoms with Crippen LogP contribution in [0.3, 0.4) is 0 Å². The number of halogens is 3. The van der Waals surface area contributed by atoms with E-state index in [0.717, 1.165) is 6.42 Å². The lowest BCUT2D eigenvalue weighted by Crippen LogP contribution is -2.22. The lowest BCUT2D eigenvalue weighted by atomic mass is 9.99. The molecule has 0 aromatic heterocycles. The fraction of sp³-hybridized carbons (Fsp3) is 0.500. The number of hydrogen-bond acceptors (Lipinski definition) is 3. The smallest absolute Gasteiger partial charge is 0.475 e. The summed E-state index contributed by atoms with van der Waals surface area (Å²) in [5.41, 5.74) is 5.32. The molecule has 1 aliphatic rings. The summed E-state index contributed by atoms with van der Waals surface area (Å²) < 4.78 is 31.7. The van der Waals surface area contributed by atoms with Crippen molar-refractivity contribution in [2.75, 3.05) is 6.54 Å². The van der Waals surface area contributed by atoms with Crippen molar-refractivity contribution in [1.29, 1.82) is 0 Å². The average Bonchev–Trinajstić information content (AvgIpc) is 2.63. The summed E-state index contributed by atoms with van der Waals surface area (Å²) in [5.74, 6) is -3.38. The second kappa shape index (κ2) is 6.76. The summed E-state index contributed by atoms with van der Waals surface area (Å²) in [6.45, 7) is 4.19. The van der Waals surface area contributed by atoms with Crippen LogP contribution in [0, 0.1) is 5.92 Å². The first-order valence-electron chi connectivity index (χ1n) is 5.11. The van der Waals surface area contributed by atoms with Crippen LogP contribution in [-0.2, 0) is 14.4 Å². The van der Waals surface area contributed by atoms with E-state index >= 15 is 0 Å². The Bertz CT molecular complexity index is 393. The number of alkyl halides is 3. The van der Waals surface area contributed by atoms with E-state index < -0.39 is 18.1 Å². The predicted molar refractivity (Wildman–Crippen MR) is 57.8 cm³/mol. The Balaban J connectivity index is 0.000000399. The third-order valence-electron chi connectivity index (χ3n) is 2.25. The number of rotatable bonds is 3. The molecular weight excluding hydrogens is 269 g/mol. The first kappa shape index (κ1) is 16.9. The third kappa shape index (κ3) is 6.43. The topological polar surface area (TPSA) is 109 Å². The molecule has 2 amide bonds. The van der Waals surface area contributed by atoms with Crippen LogP contribution in [-0.4, -0.2) is 35.6 Å². The van der Waals surface area contributed by atoms with Gasteiger partial charge in [-0.25, -0.2) is 4.79 Å². The van der Waals surface area contributed by atoms with Gasteiger partial charge < -0.3 is 16.2 Å². The Labute approximate surface area is 106 Å². The maximum atomic E-state index is 11.0. The lowest BCUT2D eigenvalue weighted by Gasteiger charge is -2.05. The van der Waals surface area contributed by atoms with E-state index in [9.17, 15) is 22.8 Å². The fourth-order valence-electron chi connectivity index (χ4n) is 1.24. The molecule has 6 nitrogen and oxygen atoms in total. The molecular formula is C10H13F3N2O4. The number of carboxylic acids is 1. The van der Waals surface area contributed by atoms with Crippen LogP contribution in [0.15, 0.2) is 12.2 Å². The molecule has 1 saturated heterocycles. The molecule has 0 unspecified atom stereocenters. The molecule has 1 heterocycles. The van der Waals surface area contributed by atoms with E-state index in [2.05, 4.69) is 11.9 Å². The molecule has 0 radical (unpaired) electrons. The summed E-state index contributed by atoms with van der Waals surface area (Å²) in [5, 5.41) is 9.81. The van der Waals surface area contributed by atoms with E-state index in [1.165, 1.54) is 0 Å². The Morgan fingerprint density at radius 3 is 2.21 bits per heavy atom. The van der Waals surface area contributed by atoms with Crippen molar-refractivity contribution < 1.29 is 32.7 Å². The first-order valence-corrected chi connectivity index (χ1v) is 5.11. The van der Waals surface area contributed by atoms with Crippen molar-refractivity contribution in [3.05, 3.63) is 12.2 Å². The van der Waals surface area contributed by atoms with Crippen LogP contribution >= 0.6 is 0 Å². The minimum Gasteiger partial charge on any atom is -0.475 e. The number of amides is 2. The molecule has 1 atom stereocenters. The molecule has 0 spiro atoms. The Morgan fingerprint density at radius 2 is 1.95 bits per heavy atom. The SMILES string of the molecule is C=C(C[C@H]1CCNC1=O)C(N)=O.O=C(O)C(F)(F)F. The molecule has 0 saturated carbocycles. The number of aliphatic carboxylic acids is 1. The maximum absolute atomic E-state index is 11.0. The Kier molecular flexibility index (Phi) is 6.03. The minimum atomic E-state index is -5.08. The van der Waals surface area contributed by atoms with Crippen LogP contribution < -0.4 is 11.1 Å². The number of nitrogens with one attached hydrogen (secondary N) is 1. The molecule has 1 fully saturated rings. The number of carbonyl (C=O) groups excluding carboxylic acids is 2. The van der Waals surface area contributed by atoms with Crippen LogP contribution in [0.25, 0.3) is 0 Å². The number of hydrogen-bond donors (Lipinski definition) is 3. The molecule has 9 heteroatoms. The van der Waals surface area contributed by atoms with Gasteiger partial charge in [-0.05, 0) is 12.8 Å². The minimum absolute atomic E-state index is 0.00241. The molecule has 1 rings (SSSR count). The van der Waals surface area contributed by atoms with E-state index in [1.54, 1.807) is 0 Å². The Morgan fingerprint density at radius 1 is 1.47 bits per heavy atom. The number of primary amides is 1. The van der Waals surface area contributed by atoms with Crippen molar-refractivity contribution in [2.24, 2.45) is 11.7 Å². The van der Waals surface area contributed by atoms with Crippen LogP contribution in [0.4, 0.5) is 13.2 Å². The van der Waals surface area contributed by atoms with Crippen molar-refractivity contribution in [1.82, 2.24) is 5.32 Å². The molecule has 0 bridgehead atoms. The molecule has 4 N–H and O–H groups in total. The quantitative estimate of drug-likeness (QED) is 0.642. The van der Waals surface area contributed by atoms with Crippen molar-refractivity contribution in [3.8, 4) is 0 Å². The highest BCUT2D eigenvalue weighted by Crippen LogP contribution is 2.17. The Hall–Kier alpha value is -2.06. The van der Waals surface area contributed by atoms with E-state index in [0.29, 0.717) is 18.5 Å². The second-order valence-corrected chi connectivity index (χ2v) is 3.75. The van der Waals surface area contributed by atoms with Gasteiger partial charge in [-0.2, -0.15) is 13.2 Å². The zero-order chi connectivity index (χ0) is 15.2. The number of nitrogens with two attached hydrogens (primary N) is 1. The molecule has 108 valence electrons. The van der Waals surface area contributed by atoms with Gasteiger partial charge in [0.25, 0.3) is 0 Å². The van der Waals surface area contributed by atoms with Crippen molar-refractivity contribution in [2.45, 2.75) is 19.0 Å². The van der Waals surface area contributed by atoms with Gasteiger partial charge in [-0.15, -0.1) is 0 Å². The van der Waals surface area contributed by atoms with Crippen molar-refractivity contribution in [3.63, 3.8) is 0 Å². The standard InChI is InChI=1S/C8H12N2O2.C2HF3O2/c1-5(7(9)11)4-6-2-3-10-8(6)12;3-2(4,5)1(6)7/h6H,1-4H2,(H2,9,11)(H,10,12);(H,6,7)/t6-;/m1./s1. The monoisotopic (exact) mass is 282 g/mol. The summed E-state index contributed by atoms with van der Waals surface area (Å²) in [6, 6.07) is 0. The van der Waals surface area contributed by atoms with Gasteiger partial charge >= 0.3 is 12.1 Å². The van der Waals surface area contributed by atoms with E-state index in [1.807, 2.05) is 0 Å². The third-order valence-corrected chi connectivity index (χ3v) is 2.25. The molecule has 0 aromatic rings. The van der Waals surface area contributed by atoms with Gasteiger partial charge in [0.05, 0.1) is 0 Å². The van der Waals surface area contributed by atoms with Crippen LogP contribution in [0.2, 0.25) is 0 Å². The van der Waals surface area contributed by atoms with E-state index in [-0.39, 0.29) is 11.8 Å². The van der Waals surface area contributed by atoms with Gasteiger partial charge in [0, 0.05) is 18.0 Å². The molecule has 0 aliphatic carbocycles. The zero-order valence-electron chi connectivity index (χ0n) is 9.79. The van der Waals surface area contributed by atoms with E-state index in [4.69, 9.17) is 15.6 Å². The highest BCUT2D eigenvalue weighted by molar-refractivity contribution is 5.92. The summed E-state index contributed by atoms with van der Waals surface area (Å²) in [7, 11) is 0. The lowest BCUT2D eigenvalue weighted by molar-refractivity contribution is -0.192. The van der Waals surface area contributed by atoms with Gasteiger partial charge in [-0.3, -0.25) is 9.59 Å². The molecule has 19 heavy (non-hydrogen) atoms. The van der Waals surface area contributed by atoms with Gasteiger partial charge in [0.2, 0.25) is 11.8 Å². The first-order chi connectivity index (χ1) is 8.55. The second-order valence-electron chi connectivity index (χ2n) is 3.75. The highest BCUT2D eigenvalue weighted by atomic mass is 19.4. The summed E-state index contributed by atoms with van der Waals surface area (Å²) in [6.07, 6.45) is -3.92. The van der Waals surface area contributed by atoms with Gasteiger partial charge in [0.15, 0.2) is 0 Å². The summed E-state index contributed by atoms with van der Waals surface area (Å²) >= 11 is 0. The highest BCUT2D eigenvalue weighted by Gasteiger charge is 2.38. The maximum Gasteiger partial charge on any atom is 0.490 e. The average molecular weight is 282 g/mol.